The van der Waals surface area contributed by atoms with Gasteiger partial charge in [0.1, 0.15) is 24.9 Å². The number of hydrogen-bond donors (Lipinski definition) is 3. The van der Waals surface area contributed by atoms with Gasteiger partial charge in [0, 0.05) is 22.7 Å². The molecule has 0 aliphatic carbocycles. The number of benzene rings is 2. The zero-order chi connectivity index (χ0) is 18.8. The van der Waals surface area contributed by atoms with E-state index in [0.717, 1.165) is 10.9 Å². The van der Waals surface area contributed by atoms with Gasteiger partial charge in [-0.3, -0.25) is 9.59 Å². The Bertz CT molecular complexity index is 978. The molecular weight excluding hydrogens is 346 g/mol. The van der Waals surface area contributed by atoms with E-state index in [1.54, 1.807) is 31.2 Å². The molecule has 27 heavy (non-hydrogen) atoms. The van der Waals surface area contributed by atoms with Crippen LogP contribution < -0.4 is 20.1 Å². The summed E-state index contributed by atoms with van der Waals surface area (Å²) >= 11 is 0. The zero-order valence-electron chi connectivity index (χ0n) is 14.7. The third-order valence-corrected chi connectivity index (χ3v) is 4.33. The number of fused-ring (bicyclic) bond motifs is 2. The standard InChI is InChI=1S/C20H19N3O4/c1-12(21-20(25)16-10-13-4-2-3-5-15(13)23-16)19(24)22-14-6-7-17-18(11-14)27-9-8-26-17/h2-7,10-12,23H,8-9H2,1H3,(H,21,25)(H,22,24)/t12-/m0/s1. The van der Waals surface area contributed by atoms with Crippen molar-refractivity contribution >= 4 is 28.4 Å². The first-order valence-corrected chi connectivity index (χ1v) is 8.69. The monoisotopic (exact) mass is 365 g/mol. The number of carbonyl (C=O) groups is 2. The fraction of sp³-hybridized carbons (Fsp3) is 0.200. The maximum atomic E-state index is 12.4. The van der Waals surface area contributed by atoms with Crippen LogP contribution >= 0.6 is 0 Å². The number of H-pyrrole nitrogens is 1. The van der Waals surface area contributed by atoms with Gasteiger partial charge in [-0.05, 0) is 31.2 Å². The first-order valence-electron chi connectivity index (χ1n) is 8.69. The Morgan fingerprint density at radius 1 is 1.04 bits per heavy atom. The van der Waals surface area contributed by atoms with Crippen molar-refractivity contribution in [2.45, 2.75) is 13.0 Å². The van der Waals surface area contributed by atoms with Crippen LogP contribution in [-0.2, 0) is 4.79 Å². The SMILES string of the molecule is C[C@H](NC(=O)c1cc2ccccc2[nH]1)C(=O)Nc1ccc2c(c1)OCCO2. The van der Waals surface area contributed by atoms with E-state index in [1.807, 2.05) is 24.3 Å². The van der Waals surface area contributed by atoms with Gasteiger partial charge in [-0.25, -0.2) is 0 Å². The van der Waals surface area contributed by atoms with Crippen LogP contribution in [0.25, 0.3) is 10.9 Å². The van der Waals surface area contributed by atoms with Crippen molar-refractivity contribution in [3.05, 3.63) is 54.2 Å². The second-order valence-electron chi connectivity index (χ2n) is 6.31. The lowest BCUT2D eigenvalue weighted by molar-refractivity contribution is -0.117. The first-order chi connectivity index (χ1) is 13.1. The molecule has 4 rings (SSSR count). The minimum absolute atomic E-state index is 0.323. The molecule has 2 heterocycles. The summed E-state index contributed by atoms with van der Waals surface area (Å²) in [6, 6.07) is 13.8. The molecule has 2 amide bonds. The molecule has 1 aliphatic rings. The highest BCUT2D eigenvalue weighted by Gasteiger charge is 2.19. The molecule has 3 aromatic rings. The van der Waals surface area contributed by atoms with Crippen molar-refractivity contribution < 1.29 is 19.1 Å². The lowest BCUT2D eigenvalue weighted by Gasteiger charge is -2.19. The maximum Gasteiger partial charge on any atom is 0.268 e. The van der Waals surface area contributed by atoms with E-state index in [0.29, 0.717) is 36.1 Å². The summed E-state index contributed by atoms with van der Waals surface area (Å²) in [5.74, 6) is 0.584. The Kier molecular flexibility index (Phi) is 4.42. The first kappa shape index (κ1) is 17.0. The molecule has 0 spiro atoms. The molecule has 1 aromatic heterocycles. The molecule has 0 unspecified atom stereocenters. The third-order valence-electron chi connectivity index (χ3n) is 4.33. The summed E-state index contributed by atoms with van der Waals surface area (Å²) in [6.07, 6.45) is 0. The van der Waals surface area contributed by atoms with Crippen molar-refractivity contribution in [2.75, 3.05) is 18.5 Å². The van der Waals surface area contributed by atoms with Crippen LogP contribution in [0, 0.1) is 0 Å². The average molecular weight is 365 g/mol. The van der Waals surface area contributed by atoms with Crippen molar-refractivity contribution in [2.24, 2.45) is 0 Å². The molecule has 1 atom stereocenters. The van der Waals surface area contributed by atoms with E-state index in [9.17, 15) is 9.59 Å². The molecule has 7 nitrogen and oxygen atoms in total. The molecule has 0 fully saturated rings. The molecular formula is C20H19N3O4. The summed E-state index contributed by atoms with van der Waals surface area (Å²) in [7, 11) is 0. The molecule has 1 aliphatic heterocycles. The Hall–Kier alpha value is -3.48. The Labute approximate surface area is 155 Å². The lowest BCUT2D eigenvalue weighted by Crippen LogP contribution is -2.41. The Balaban J connectivity index is 1.40. The van der Waals surface area contributed by atoms with Crippen LogP contribution in [0.4, 0.5) is 5.69 Å². The quantitative estimate of drug-likeness (QED) is 0.663. The van der Waals surface area contributed by atoms with Crippen molar-refractivity contribution in [1.29, 1.82) is 0 Å². The summed E-state index contributed by atoms with van der Waals surface area (Å²) in [5.41, 5.74) is 1.86. The smallest absolute Gasteiger partial charge is 0.268 e. The van der Waals surface area contributed by atoms with Crippen molar-refractivity contribution in [1.82, 2.24) is 10.3 Å². The number of para-hydroxylation sites is 1. The van der Waals surface area contributed by atoms with Gasteiger partial charge in [-0.1, -0.05) is 18.2 Å². The number of aromatic nitrogens is 1. The number of rotatable bonds is 4. The van der Waals surface area contributed by atoms with E-state index in [2.05, 4.69) is 15.6 Å². The summed E-state index contributed by atoms with van der Waals surface area (Å²) in [4.78, 5) is 27.9. The number of amides is 2. The van der Waals surface area contributed by atoms with E-state index in [4.69, 9.17) is 9.47 Å². The molecule has 7 heteroatoms. The Morgan fingerprint density at radius 3 is 2.63 bits per heavy atom. The van der Waals surface area contributed by atoms with Crippen LogP contribution in [-0.4, -0.2) is 36.1 Å². The molecule has 2 aromatic carbocycles. The fourth-order valence-corrected chi connectivity index (χ4v) is 2.91. The summed E-state index contributed by atoms with van der Waals surface area (Å²) in [6.45, 7) is 2.62. The topological polar surface area (TPSA) is 92.5 Å². The highest BCUT2D eigenvalue weighted by atomic mass is 16.6. The van der Waals surface area contributed by atoms with Gasteiger partial charge in [0.05, 0.1) is 0 Å². The third kappa shape index (κ3) is 3.57. The van der Waals surface area contributed by atoms with E-state index in [-0.39, 0.29) is 11.8 Å². The second-order valence-corrected chi connectivity index (χ2v) is 6.31. The predicted molar refractivity (Wildman–Crippen MR) is 101 cm³/mol. The second kappa shape index (κ2) is 7.03. The number of aromatic amines is 1. The maximum absolute atomic E-state index is 12.4. The van der Waals surface area contributed by atoms with Crippen LogP contribution in [0.5, 0.6) is 11.5 Å². The molecule has 138 valence electrons. The highest BCUT2D eigenvalue weighted by molar-refractivity contribution is 6.02. The minimum Gasteiger partial charge on any atom is -0.486 e. The largest absolute Gasteiger partial charge is 0.486 e. The summed E-state index contributed by atoms with van der Waals surface area (Å²) < 4.78 is 11.0. The number of hydrogen-bond acceptors (Lipinski definition) is 4. The lowest BCUT2D eigenvalue weighted by atomic mass is 10.2. The number of nitrogens with one attached hydrogen (secondary N) is 3. The summed E-state index contributed by atoms with van der Waals surface area (Å²) in [5, 5.41) is 6.42. The van der Waals surface area contributed by atoms with Gasteiger partial charge in [-0.15, -0.1) is 0 Å². The van der Waals surface area contributed by atoms with Gasteiger partial charge in [0.25, 0.3) is 5.91 Å². The molecule has 3 N–H and O–H groups in total. The number of ether oxygens (including phenoxy) is 2. The predicted octanol–water partition coefficient (Wildman–Crippen LogP) is 2.70. The average Bonchev–Trinajstić information content (AvgIpc) is 3.12. The van der Waals surface area contributed by atoms with Crippen molar-refractivity contribution in [3.8, 4) is 11.5 Å². The van der Waals surface area contributed by atoms with E-state index in [1.165, 1.54) is 0 Å². The molecule has 0 radical (unpaired) electrons. The van der Waals surface area contributed by atoms with Crippen molar-refractivity contribution in [3.63, 3.8) is 0 Å². The van der Waals surface area contributed by atoms with Crippen LogP contribution in [0.1, 0.15) is 17.4 Å². The van der Waals surface area contributed by atoms with Gasteiger partial charge in [0.2, 0.25) is 5.91 Å². The van der Waals surface area contributed by atoms with Gasteiger partial charge in [-0.2, -0.15) is 0 Å². The molecule has 0 bridgehead atoms. The van der Waals surface area contributed by atoms with E-state index >= 15 is 0 Å². The van der Waals surface area contributed by atoms with E-state index < -0.39 is 6.04 Å². The number of anilines is 1. The van der Waals surface area contributed by atoms with Crippen LogP contribution in [0.2, 0.25) is 0 Å². The van der Waals surface area contributed by atoms with Crippen LogP contribution in [0.3, 0.4) is 0 Å². The normalized spacial score (nSPS) is 13.8. The Morgan fingerprint density at radius 2 is 1.81 bits per heavy atom. The number of carbonyl (C=O) groups excluding carboxylic acids is 2. The zero-order valence-corrected chi connectivity index (χ0v) is 14.7. The molecule has 0 saturated carbocycles. The highest BCUT2D eigenvalue weighted by Crippen LogP contribution is 2.32. The van der Waals surface area contributed by atoms with Crippen LogP contribution in [0.15, 0.2) is 48.5 Å². The molecule has 0 saturated heterocycles. The fourth-order valence-electron chi connectivity index (χ4n) is 2.91. The van der Waals surface area contributed by atoms with Gasteiger partial charge >= 0.3 is 0 Å². The van der Waals surface area contributed by atoms with Gasteiger partial charge in [0.15, 0.2) is 11.5 Å². The minimum atomic E-state index is -0.711. The van der Waals surface area contributed by atoms with Gasteiger partial charge < -0.3 is 25.1 Å².